The molecule has 0 radical (unpaired) electrons. The van der Waals surface area contributed by atoms with Gasteiger partial charge in [0.2, 0.25) is 5.91 Å². The lowest BCUT2D eigenvalue weighted by molar-refractivity contribution is -0.116. The van der Waals surface area contributed by atoms with Crippen LogP contribution in [0.25, 0.3) is 11.1 Å². The standard InChI is InChI=1S/C24H29N3O6/c1-3-31-21-16-19(26-11-13-30-14-12-26)22(32-4-2)15-17(21)25-23(28)9-10-27-18-7-5-6-8-20(18)33-24(27)29/h5-8,15-16H,3-4,9-14H2,1-2H3,(H,25,28). The van der Waals surface area contributed by atoms with Gasteiger partial charge in [-0.15, -0.1) is 0 Å². The van der Waals surface area contributed by atoms with Gasteiger partial charge in [0.15, 0.2) is 5.58 Å². The average molecular weight is 456 g/mol. The van der Waals surface area contributed by atoms with E-state index in [0.717, 1.165) is 18.8 Å². The molecule has 2 heterocycles. The van der Waals surface area contributed by atoms with Crippen molar-refractivity contribution in [1.29, 1.82) is 0 Å². The third kappa shape index (κ3) is 5.14. The Morgan fingerprint density at radius 3 is 2.55 bits per heavy atom. The van der Waals surface area contributed by atoms with Gasteiger partial charge in [-0.2, -0.15) is 0 Å². The molecule has 1 N–H and O–H groups in total. The van der Waals surface area contributed by atoms with E-state index < -0.39 is 5.76 Å². The average Bonchev–Trinajstić information content (AvgIpc) is 3.15. The first-order chi connectivity index (χ1) is 16.1. The first-order valence-corrected chi connectivity index (χ1v) is 11.2. The largest absolute Gasteiger partial charge is 0.492 e. The van der Waals surface area contributed by atoms with Gasteiger partial charge in [0.1, 0.15) is 11.5 Å². The molecule has 0 spiro atoms. The molecule has 3 aromatic rings. The number of ether oxygens (including phenoxy) is 3. The number of aromatic nitrogens is 1. The van der Waals surface area contributed by atoms with Crippen molar-refractivity contribution in [1.82, 2.24) is 4.57 Å². The summed E-state index contributed by atoms with van der Waals surface area (Å²) in [6, 6.07) is 10.9. The Morgan fingerprint density at radius 1 is 1.06 bits per heavy atom. The molecule has 9 nitrogen and oxygen atoms in total. The van der Waals surface area contributed by atoms with Crippen molar-refractivity contribution in [2.24, 2.45) is 0 Å². The van der Waals surface area contributed by atoms with E-state index in [0.29, 0.717) is 54.7 Å². The van der Waals surface area contributed by atoms with Crippen LogP contribution >= 0.6 is 0 Å². The molecular weight excluding hydrogens is 426 g/mol. The van der Waals surface area contributed by atoms with Gasteiger partial charge in [-0.05, 0) is 26.0 Å². The van der Waals surface area contributed by atoms with E-state index in [9.17, 15) is 9.59 Å². The van der Waals surface area contributed by atoms with Crippen molar-refractivity contribution < 1.29 is 23.4 Å². The van der Waals surface area contributed by atoms with Crippen molar-refractivity contribution in [3.05, 3.63) is 46.9 Å². The fraction of sp³-hybridized carbons (Fsp3) is 0.417. The van der Waals surface area contributed by atoms with Crippen LogP contribution in [0.1, 0.15) is 20.3 Å². The van der Waals surface area contributed by atoms with E-state index in [4.69, 9.17) is 18.6 Å². The predicted octanol–water partition coefficient (Wildman–Crippen LogP) is 3.26. The molecule has 1 fully saturated rings. The highest BCUT2D eigenvalue weighted by atomic mass is 16.5. The summed E-state index contributed by atoms with van der Waals surface area (Å²) in [5.74, 6) is 0.527. The molecule has 176 valence electrons. The number of rotatable bonds is 9. The molecule has 0 atom stereocenters. The Kier molecular flexibility index (Phi) is 7.19. The molecule has 0 unspecified atom stereocenters. The highest BCUT2D eigenvalue weighted by Crippen LogP contribution is 2.39. The van der Waals surface area contributed by atoms with Gasteiger partial charge in [-0.25, -0.2) is 4.79 Å². The summed E-state index contributed by atoms with van der Waals surface area (Å²) in [5.41, 5.74) is 2.62. The summed E-state index contributed by atoms with van der Waals surface area (Å²) in [5, 5.41) is 2.92. The fourth-order valence-electron chi connectivity index (χ4n) is 3.90. The van der Waals surface area contributed by atoms with Gasteiger partial charge in [0, 0.05) is 38.2 Å². The molecule has 2 aromatic carbocycles. The van der Waals surface area contributed by atoms with Crippen LogP contribution in [-0.2, 0) is 16.1 Å². The number of nitrogens with one attached hydrogen (secondary N) is 1. The van der Waals surface area contributed by atoms with Gasteiger partial charge < -0.3 is 28.8 Å². The number of oxazole rings is 1. The van der Waals surface area contributed by atoms with Crippen LogP contribution in [-0.4, -0.2) is 50.0 Å². The molecule has 1 aliphatic rings. The van der Waals surface area contributed by atoms with Crippen molar-refractivity contribution in [2.75, 3.05) is 49.7 Å². The summed E-state index contributed by atoms with van der Waals surface area (Å²) >= 11 is 0. The van der Waals surface area contributed by atoms with Crippen molar-refractivity contribution in [3.8, 4) is 11.5 Å². The molecule has 4 rings (SSSR count). The Hall–Kier alpha value is -3.46. The molecule has 1 saturated heterocycles. The van der Waals surface area contributed by atoms with Gasteiger partial charge >= 0.3 is 5.76 Å². The van der Waals surface area contributed by atoms with Crippen LogP contribution in [0.15, 0.2) is 45.6 Å². The fourth-order valence-corrected chi connectivity index (χ4v) is 3.90. The lowest BCUT2D eigenvalue weighted by Crippen LogP contribution is -2.36. The van der Waals surface area contributed by atoms with E-state index >= 15 is 0 Å². The number of carbonyl (C=O) groups excluding carboxylic acids is 1. The number of hydrogen-bond acceptors (Lipinski definition) is 7. The Bertz CT molecular complexity index is 1160. The molecule has 0 aliphatic carbocycles. The molecule has 0 bridgehead atoms. The number of morpholine rings is 1. The molecule has 1 aliphatic heterocycles. The van der Waals surface area contributed by atoms with Crippen LogP contribution in [0.5, 0.6) is 11.5 Å². The molecule has 0 saturated carbocycles. The summed E-state index contributed by atoms with van der Waals surface area (Å²) in [6.45, 7) is 7.78. The second kappa shape index (κ2) is 10.4. The normalized spacial score (nSPS) is 13.8. The lowest BCUT2D eigenvalue weighted by Gasteiger charge is -2.31. The number of nitrogens with zero attached hydrogens (tertiary/aromatic N) is 2. The van der Waals surface area contributed by atoms with Crippen LogP contribution in [0.3, 0.4) is 0 Å². The Morgan fingerprint density at radius 2 is 1.79 bits per heavy atom. The minimum Gasteiger partial charge on any atom is -0.492 e. The van der Waals surface area contributed by atoms with Crippen molar-refractivity contribution in [2.45, 2.75) is 26.8 Å². The molecular formula is C24H29N3O6. The first kappa shape index (κ1) is 22.7. The van der Waals surface area contributed by atoms with Crippen LogP contribution in [0.4, 0.5) is 11.4 Å². The van der Waals surface area contributed by atoms with Crippen LogP contribution < -0.4 is 25.4 Å². The SMILES string of the molecule is CCOc1cc(N2CCOCC2)c(OCC)cc1NC(=O)CCn1c(=O)oc2ccccc21. The monoisotopic (exact) mass is 455 g/mol. The van der Waals surface area contributed by atoms with Gasteiger partial charge in [-0.3, -0.25) is 9.36 Å². The number of carbonyl (C=O) groups is 1. The minimum absolute atomic E-state index is 0.101. The number of benzene rings is 2. The summed E-state index contributed by atoms with van der Waals surface area (Å²) in [6.07, 6.45) is 0.101. The highest BCUT2D eigenvalue weighted by molar-refractivity contribution is 5.93. The number of aryl methyl sites for hydroxylation is 1. The van der Waals surface area contributed by atoms with E-state index in [1.165, 1.54) is 4.57 Å². The molecule has 1 aromatic heterocycles. The summed E-state index contributed by atoms with van der Waals surface area (Å²) < 4.78 is 23.9. The van der Waals surface area contributed by atoms with E-state index in [1.54, 1.807) is 24.3 Å². The molecule has 1 amide bonds. The number of fused-ring (bicyclic) bond motifs is 1. The van der Waals surface area contributed by atoms with E-state index in [2.05, 4.69) is 10.2 Å². The maximum atomic E-state index is 12.8. The number of amides is 1. The quantitative estimate of drug-likeness (QED) is 0.529. The minimum atomic E-state index is -0.479. The number of anilines is 2. The van der Waals surface area contributed by atoms with E-state index in [1.807, 2.05) is 26.0 Å². The van der Waals surface area contributed by atoms with Crippen LogP contribution in [0.2, 0.25) is 0 Å². The third-order valence-electron chi connectivity index (χ3n) is 5.42. The highest BCUT2D eigenvalue weighted by Gasteiger charge is 2.20. The maximum absolute atomic E-state index is 12.8. The summed E-state index contributed by atoms with van der Waals surface area (Å²) in [7, 11) is 0. The third-order valence-corrected chi connectivity index (χ3v) is 5.42. The lowest BCUT2D eigenvalue weighted by atomic mass is 10.2. The van der Waals surface area contributed by atoms with Gasteiger partial charge in [0.05, 0.1) is 43.3 Å². The zero-order chi connectivity index (χ0) is 23.2. The van der Waals surface area contributed by atoms with Crippen molar-refractivity contribution in [3.63, 3.8) is 0 Å². The summed E-state index contributed by atoms with van der Waals surface area (Å²) in [4.78, 5) is 27.1. The number of para-hydroxylation sites is 2. The zero-order valence-electron chi connectivity index (χ0n) is 19.0. The van der Waals surface area contributed by atoms with Crippen molar-refractivity contribution >= 4 is 28.4 Å². The number of hydrogen-bond donors (Lipinski definition) is 1. The second-order valence-corrected chi connectivity index (χ2v) is 7.57. The van der Waals surface area contributed by atoms with Gasteiger partial charge in [-0.1, -0.05) is 12.1 Å². The topological polar surface area (TPSA) is 95.2 Å². The Balaban J connectivity index is 1.54. The van der Waals surface area contributed by atoms with Gasteiger partial charge in [0.25, 0.3) is 0 Å². The predicted molar refractivity (Wildman–Crippen MR) is 126 cm³/mol. The molecule has 33 heavy (non-hydrogen) atoms. The van der Waals surface area contributed by atoms with Crippen LogP contribution in [0, 0.1) is 0 Å². The maximum Gasteiger partial charge on any atom is 0.419 e. The first-order valence-electron chi connectivity index (χ1n) is 11.2. The zero-order valence-corrected chi connectivity index (χ0v) is 19.0. The Labute approximate surface area is 191 Å². The second-order valence-electron chi connectivity index (χ2n) is 7.57. The molecule has 9 heteroatoms. The van der Waals surface area contributed by atoms with E-state index in [-0.39, 0.29) is 18.9 Å². The smallest absolute Gasteiger partial charge is 0.419 e.